The van der Waals surface area contributed by atoms with Gasteiger partial charge in [0.1, 0.15) is 6.54 Å². The summed E-state index contributed by atoms with van der Waals surface area (Å²) in [5.41, 5.74) is 0.169. The minimum absolute atomic E-state index is 0.169. The first-order valence-corrected chi connectivity index (χ1v) is 5.77. The van der Waals surface area contributed by atoms with Crippen LogP contribution in [-0.4, -0.2) is 50.5 Å². The maximum Gasteiger partial charge on any atom is 0.323 e. The lowest BCUT2D eigenvalue weighted by molar-refractivity contribution is -0.137. The molecule has 0 radical (unpaired) electrons. The summed E-state index contributed by atoms with van der Waals surface area (Å²) >= 11 is 0. The Kier molecular flexibility index (Phi) is 4.82. The fourth-order valence-electron chi connectivity index (χ4n) is 1.37. The molecule has 0 spiro atoms. The fourth-order valence-corrected chi connectivity index (χ4v) is 1.37. The van der Waals surface area contributed by atoms with Gasteiger partial charge in [0.15, 0.2) is 5.69 Å². The van der Waals surface area contributed by atoms with Crippen LogP contribution in [0.5, 0.6) is 0 Å². The standard InChI is InChI=1S/C11H18N4O3/c1-8(2)4-5-15-6-9(12-13-15)11(18)14(3)7-10(16)17/h6,8H,4-5,7H2,1-3H3,(H,16,17). The van der Waals surface area contributed by atoms with Crippen LogP contribution in [0.15, 0.2) is 6.20 Å². The van der Waals surface area contributed by atoms with Gasteiger partial charge in [-0.2, -0.15) is 0 Å². The molecule has 1 amide bonds. The van der Waals surface area contributed by atoms with Gasteiger partial charge in [-0.3, -0.25) is 14.3 Å². The van der Waals surface area contributed by atoms with Gasteiger partial charge in [0.2, 0.25) is 0 Å². The average Bonchev–Trinajstić information content (AvgIpc) is 2.72. The Hall–Kier alpha value is -1.92. The lowest BCUT2D eigenvalue weighted by Gasteiger charge is -2.11. The van der Waals surface area contributed by atoms with Crippen molar-refractivity contribution < 1.29 is 14.7 Å². The molecule has 1 aromatic rings. The molecular formula is C11H18N4O3. The molecule has 0 unspecified atom stereocenters. The van der Waals surface area contributed by atoms with Crippen LogP contribution in [0.1, 0.15) is 30.8 Å². The number of aliphatic carboxylic acids is 1. The molecule has 0 aliphatic heterocycles. The fraction of sp³-hybridized carbons (Fsp3) is 0.636. The van der Waals surface area contributed by atoms with Gasteiger partial charge < -0.3 is 10.0 Å². The summed E-state index contributed by atoms with van der Waals surface area (Å²) in [6, 6.07) is 0. The first kappa shape index (κ1) is 14.1. The Bertz CT molecular complexity index is 428. The number of rotatable bonds is 6. The van der Waals surface area contributed by atoms with E-state index >= 15 is 0 Å². The largest absolute Gasteiger partial charge is 0.480 e. The van der Waals surface area contributed by atoms with Crippen LogP contribution < -0.4 is 0 Å². The number of carbonyl (C=O) groups is 2. The molecule has 1 N–H and O–H groups in total. The number of nitrogens with zero attached hydrogens (tertiary/aromatic N) is 4. The van der Waals surface area contributed by atoms with Crippen molar-refractivity contribution in [1.82, 2.24) is 19.9 Å². The van der Waals surface area contributed by atoms with E-state index in [2.05, 4.69) is 24.2 Å². The van der Waals surface area contributed by atoms with Gasteiger partial charge in [-0.1, -0.05) is 19.1 Å². The van der Waals surface area contributed by atoms with E-state index in [1.807, 2.05) is 0 Å². The minimum Gasteiger partial charge on any atom is -0.480 e. The molecule has 7 heteroatoms. The molecule has 0 saturated carbocycles. The van der Waals surface area contributed by atoms with Crippen molar-refractivity contribution in [2.75, 3.05) is 13.6 Å². The van der Waals surface area contributed by atoms with Gasteiger partial charge in [-0.05, 0) is 12.3 Å². The molecule has 1 heterocycles. The van der Waals surface area contributed by atoms with Crippen LogP contribution in [0.3, 0.4) is 0 Å². The van der Waals surface area contributed by atoms with Crippen molar-refractivity contribution in [2.24, 2.45) is 5.92 Å². The summed E-state index contributed by atoms with van der Waals surface area (Å²) in [5, 5.41) is 16.2. The van der Waals surface area contributed by atoms with E-state index in [0.29, 0.717) is 12.5 Å². The Balaban J connectivity index is 2.61. The van der Waals surface area contributed by atoms with Crippen molar-refractivity contribution >= 4 is 11.9 Å². The number of aromatic nitrogens is 3. The smallest absolute Gasteiger partial charge is 0.323 e. The molecule has 18 heavy (non-hydrogen) atoms. The monoisotopic (exact) mass is 254 g/mol. The van der Waals surface area contributed by atoms with Crippen LogP contribution in [0.4, 0.5) is 0 Å². The number of amides is 1. The lowest BCUT2D eigenvalue weighted by atomic mass is 10.1. The molecule has 0 atom stereocenters. The highest BCUT2D eigenvalue weighted by Crippen LogP contribution is 2.03. The molecule has 0 aliphatic carbocycles. The molecule has 7 nitrogen and oxygen atoms in total. The van der Waals surface area contributed by atoms with Gasteiger partial charge in [0, 0.05) is 13.6 Å². The van der Waals surface area contributed by atoms with E-state index in [9.17, 15) is 9.59 Å². The van der Waals surface area contributed by atoms with E-state index in [-0.39, 0.29) is 12.2 Å². The normalized spacial score (nSPS) is 10.7. The Morgan fingerprint density at radius 3 is 2.72 bits per heavy atom. The van der Waals surface area contributed by atoms with Crippen LogP contribution in [0, 0.1) is 5.92 Å². The van der Waals surface area contributed by atoms with E-state index in [0.717, 1.165) is 11.3 Å². The van der Waals surface area contributed by atoms with Gasteiger partial charge >= 0.3 is 5.97 Å². The van der Waals surface area contributed by atoms with E-state index < -0.39 is 11.9 Å². The zero-order valence-electron chi connectivity index (χ0n) is 10.8. The Morgan fingerprint density at radius 2 is 2.17 bits per heavy atom. The molecule has 1 rings (SSSR count). The van der Waals surface area contributed by atoms with Crippen molar-refractivity contribution in [3.63, 3.8) is 0 Å². The number of likely N-dealkylation sites (N-methyl/N-ethyl adjacent to an activating group) is 1. The highest BCUT2D eigenvalue weighted by atomic mass is 16.4. The van der Waals surface area contributed by atoms with Crippen LogP contribution in [0.25, 0.3) is 0 Å². The third-order valence-corrected chi connectivity index (χ3v) is 2.41. The second kappa shape index (κ2) is 6.13. The van der Waals surface area contributed by atoms with Crippen molar-refractivity contribution in [3.05, 3.63) is 11.9 Å². The SMILES string of the molecule is CC(C)CCn1cc(C(=O)N(C)CC(=O)O)nn1. The third-order valence-electron chi connectivity index (χ3n) is 2.41. The first-order chi connectivity index (χ1) is 8.40. The number of carboxylic acids is 1. The quantitative estimate of drug-likeness (QED) is 0.797. The molecule has 100 valence electrons. The molecule has 0 saturated heterocycles. The van der Waals surface area contributed by atoms with Gasteiger partial charge in [0.25, 0.3) is 5.91 Å². The second-order valence-electron chi connectivity index (χ2n) is 4.60. The molecule has 0 fully saturated rings. The van der Waals surface area contributed by atoms with Gasteiger partial charge in [0.05, 0.1) is 6.20 Å². The van der Waals surface area contributed by atoms with Crippen LogP contribution >= 0.6 is 0 Å². The maximum absolute atomic E-state index is 11.8. The number of carboxylic acid groups (broad SMARTS) is 1. The summed E-state index contributed by atoms with van der Waals surface area (Å²) in [6.07, 6.45) is 2.49. The van der Waals surface area contributed by atoms with Gasteiger partial charge in [-0.25, -0.2) is 0 Å². The predicted octanol–water partition coefficient (Wildman–Crippen LogP) is 0.481. The number of hydrogen-bond donors (Lipinski definition) is 1. The predicted molar refractivity (Wildman–Crippen MR) is 64.1 cm³/mol. The maximum atomic E-state index is 11.8. The second-order valence-corrected chi connectivity index (χ2v) is 4.60. The van der Waals surface area contributed by atoms with Crippen molar-refractivity contribution in [2.45, 2.75) is 26.8 Å². The number of hydrogen-bond acceptors (Lipinski definition) is 4. The summed E-state index contributed by atoms with van der Waals surface area (Å²) < 4.78 is 1.60. The minimum atomic E-state index is -1.06. The highest BCUT2D eigenvalue weighted by molar-refractivity contribution is 5.93. The summed E-state index contributed by atoms with van der Waals surface area (Å²) in [4.78, 5) is 23.4. The van der Waals surface area contributed by atoms with Crippen molar-refractivity contribution in [1.29, 1.82) is 0 Å². The molecule has 0 aromatic carbocycles. The van der Waals surface area contributed by atoms with Crippen LogP contribution in [0.2, 0.25) is 0 Å². The molecular weight excluding hydrogens is 236 g/mol. The van der Waals surface area contributed by atoms with E-state index in [4.69, 9.17) is 5.11 Å². The topological polar surface area (TPSA) is 88.3 Å². The number of aryl methyl sites for hydroxylation is 1. The lowest BCUT2D eigenvalue weighted by Crippen LogP contribution is -2.32. The Labute approximate surface area is 105 Å². The summed E-state index contributed by atoms with van der Waals surface area (Å²) in [6.45, 7) is 4.55. The Morgan fingerprint density at radius 1 is 1.50 bits per heavy atom. The molecule has 0 bridgehead atoms. The average molecular weight is 254 g/mol. The van der Waals surface area contributed by atoms with E-state index in [1.165, 1.54) is 7.05 Å². The van der Waals surface area contributed by atoms with E-state index in [1.54, 1.807) is 10.9 Å². The number of carbonyl (C=O) groups excluding carboxylic acids is 1. The zero-order chi connectivity index (χ0) is 13.7. The summed E-state index contributed by atoms with van der Waals surface area (Å²) in [7, 11) is 1.42. The highest BCUT2D eigenvalue weighted by Gasteiger charge is 2.17. The van der Waals surface area contributed by atoms with Gasteiger partial charge in [-0.15, -0.1) is 5.10 Å². The van der Waals surface area contributed by atoms with Crippen LogP contribution in [-0.2, 0) is 11.3 Å². The van der Waals surface area contributed by atoms with Crippen molar-refractivity contribution in [3.8, 4) is 0 Å². The molecule has 0 aliphatic rings. The molecule has 1 aromatic heterocycles. The summed E-state index contributed by atoms with van der Waals surface area (Å²) in [5.74, 6) is -0.950. The zero-order valence-corrected chi connectivity index (χ0v) is 10.8. The first-order valence-electron chi connectivity index (χ1n) is 5.77. The third kappa shape index (κ3) is 4.15.